The number of aromatic nitrogens is 2. The molecule has 0 aliphatic carbocycles. The van der Waals surface area contributed by atoms with Crippen molar-refractivity contribution in [1.29, 1.82) is 0 Å². The van der Waals surface area contributed by atoms with E-state index in [1.807, 2.05) is 22.9 Å². The van der Waals surface area contributed by atoms with Crippen molar-refractivity contribution in [2.75, 3.05) is 32.8 Å². The molecule has 1 saturated heterocycles. The lowest BCUT2D eigenvalue weighted by molar-refractivity contribution is -0.135. The number of benzene rings is 1. The van der Waals surface area contributed by atoms with Crippen molar-refractivity contribution in [3.8, 4) is 16.2 Å². The van der Waals surface area contributed by atoms with E-state index in [9.17, 15) is 14.0 Å². The highest BCUT2D eigenvalue weighted by Crippen LogP contribution is 2.33. The van der Waals surface area contributed by atoms with Gasteiger partial charge in [-0.2, -0.15) is 0 Å². The lowest BCUT2D eigenvalue weighted by Crippen LogP contribution is -2.49. The van der Waals surface area contributed by atoms with Crippen molar-refractivity contribution in [2.45, 2.75) is 6.54 Å². The van der Waals surface area contributed by atoms with Crippen molar-refractivity contribution in [2.24, 2.45) is 0 Å². The number of rotatable bonds is 6. The number of nitrogens with one attached hydrogen (secondary N) is 1. The molecule has 5 rings (SSSR count). The molecule has 10 heteroatoms. The smallest absolute Gasteiger partial charge is 0.260 e. The molecule has 7 nitrogen and oxygen atoms in total. The minimum atomic E-state index is -0.346. The van der Waals surface area contributed by atoms with Gasteiger partial charge in [0.1, 0.15) is 22.2 Å². The molecule has 0 atom stereocenters. The zero-order valence-electron chi connectivity index (χ0n) is 17.6. The van der Waals surface area contributed by atoms with E-state index in [1.165, 1.54) is 35.6 Å². The van der Waals surface area contributed by atoms with Gasteiger partial charge in [-0.15, -0.1) is 22.7 Å². The molecule has 1 amide bonds. The van der Waals surface area contributed by atoms with Gasteiger partial charge < -0.3 is 14.6 Å². The number of hydrogen-bond acceptors (Lipinski definition) is 7. The molecule has 33 heavy (non-hydrogen) atoms. The molecule has 170 valence electrons. The van der Waals surface area contributed by atoms with Gasteiger partial charge in [0.15, 0.2) is 6.61 Å². The van der Waals surface area contributed by atoms with Crippen LogP contribution < -0.4 is 10.3 Å². The summed E-state index contributed by atoms with van der Waals surface area (Å²) in [5.74, 6) is 0.643. The number of halogens is 1. The van der Waals surface area contributed by atoms with E-state index in [0.29, 0.717) is 49.7 Å². The number of carbonyl (C=O) groups is 1. The predicted octanol–water partition coefficient (Wildman–Crippen LogP) is 3.58. The van der Waals surface area contributed by atoms with Gasteiger partial charge in [0.2, 0.25) is 0 Å². The highest BCUT2D eigenvalue weighted by atomic mass is 32.1. The highest BCUT2D eigenvalue weighted by Gasteiger charge is 2.22. The van der Waals surface area contributed by atoms with E-state index in [-0.39, 0.29) is 23.9 Å². The first-order valence-electron chi connectivity index (χ1n) is 10.5. The molecule has 0 spiro atoms. The number of nitrogens with zero attached hydrogens (tertiary/aromatic N) is 3. The summed E-state index contributed by atoms with van der Waals surface area (Å²) < 4.78 is 18.4. The van der Waals surface area contributed by atoms with Crippen LogP contribution in [0.5, 0.6) is 5.75 Å². The van der Waals surface area contributed by atoms with E-state index in [4.69, 9.17) is 4.74 Å². The predicted molar refractivity (Wildman–Crippen MR) is 127 cm³/mol. The van der Waals surface area contributed by atoms with E-state index < -0.39 is 0 Å². The van der Waals surface area contributed by atoms with Crippen molar-refractivity contribution in [3.63, 3.8) is 0 Å². The van der Waals surface area contributed by atoms with Crippen LogP contribution in [0.15, 0.2) is 52.0 Å². The van der Waals surface area contributed by atoms with E-state index in [0.717, 1.165) is 15.3 Å². The van der Waals surface area contributed by atoms with Gasteiger partial charge in [0, 0.05) is 42.0 Å². The van der Waals surface area contributed by atoms with E-state index in [2.05, 4.69) is 14.9 Å². The van der Waals surface area contributed by atoms with Gasteiger partial charge in [-0.3, -0.25) is 14.5 Å². The molecule has 0 bridgehead atoms. The third-order valence-electron chi connectivity index (χ3n) is 5.55. The maximum absolute atomic E-state index is 13.0. The van der Waals surface area contributed by atoms with Crippen LogP contribution in [-0.2, 0) is 11.3 Å². The molecule has 1 aromatic carbocycles. The van der Waals surface area contributed by atoms with E-state index in [1.54, 1.807) is 16.2 Å². The monoisotopic (exact) mass is 484 g/mol. The third kappa shape index (κ3) is 4.82. The molecule has 0 radical (unpaired) electrons. The van der Waals surface area contributed by atoms with Gasteiger partial charge >= 0.3 is 0 Å². The summed E-state index contributed by atoms with van der Waals surface area (Å²) in [6.45, 7) is 2.93. The molecular weight excluding hydrogens is 463 g/mol. The van der Waals surface area contributed by atoms with Crippen LogP contribution in [-0.4, -0.2) is 58.5 Å². The maximum atomic E-state index is 13.0. The Bertz CT molecular complexity index is 1310. The zero-order valence-corrected chi connectivity index (χ0v) is 19.3. The molecule has 1 N–H and O–H groups in total. The molecular formula is C23H21FN4O3S2. The van der Waals surface area contributed by atoms with Crippen LogP contribution >= 0.6 is 22.7 Å². The van der Waals surface area contributed by atoms with Crippen LogP contribution in [0.2, 0.25) is 0 Å². The standard InChI is InChI=1S/C23H21FN4O3S2/c24-15-3-5-16(6-4-15)31-13-20(29)28-9-7-27(8-10-28)12-19-25-22(30)21-17(14-33-23(21)26-19)18-2-1-11-32-18/h1-6,11,14H,7-10,12-13H2,(H,25,26,30). The number of ether oxygens (including phenoxy) is 1. The summed E-state index contributed by atoms with van der Waals surface area (Å²) in [6.07, 6.45) is 0. The SMILES string of the molecule is O=C(COc1ccc(F)cc1)N1CCN(Cc2nc3scc(-c4cccs4)c3c(=O)[nH]2)CC1. The lowest BCUT2D eigenvalue weighted by atomic mass is 10.2. The normalized spacial score (nSPS) is 14.6. The average Bonchev–Trinajstić information content (AvgIpc) is 3.49. The second kappa shape index (κ2) is 9.42. The highest BCUT2D eigenvalue weighted by molar-refractivity contribution is 7.18. The number of hydrogen-bond donors (Lipinski definition) is 1. The Morgan fingerprint density at radius 2 is 1.91 bits per heavy atom. The maximum Gasteiger partial charge on any atom is 0.260 e. The number of H-pyrrole nitrogens is 1. The van der Waals surface area contributed by atoms with E-state index >= 15 is 0 Å². The Balaban J connectivity index is 1.17. The topological polar surface area (TPSA) is 78.5 Å². The first-order valence-corrected chi connectivity index (χ1v) is 12.3. The van der Waals surface area contributed by atoms with Gasteiger partial charge in [-0.25, -0.2) is 9.37 Å². The Hall–Kier alpha value is -3.08. The zero-order chi connectivity index (χ0) is 22.8. The molecule has 3 aromatic heterocycles. The first kappa shape index (κ1) is 21.7. The van der Waals surface area contributed by atoms with Crippen molar-refractivity contribution < 1.29 is 13.9 Å². The molecule has 4 heterocycles. The van der Waals surface area contributed by atoms with Gasteiger partial charge in [-0.05, 0) is 35.7 Å². The fourth-order valence-corrected chi connectivity index (χ4v) is 5.60. The van der Waals surface area contributed by atoms with Crippen LogP contribution in [0.4, 0.5) is 4.39 Å². The minimum absolute atomic E-state index is 0.0812. The fourth-order valence-electron chi connectivity index (χ4n) is 3.82. The lowest BCUT2D eigenvalue weighted by Gasteiger charge is -2.34. The largest absolute Gasteiger partial charge is 0.484 e. The second-order valence-corrected chi connectivity index (χ2v) is 9.52. The Morgan fingerprint density at radius 3 is 2.64 bits per heavy atom. The Morgan fingerprint density at radius 1 is 1.12 bits per heavy atom. The summed E-state index contributed by atoms with van der Waals surface area (Å²) in [7, 11) is 0. The Labute approximate surface area is 197 Å². The summed E-state index contributed by atoms with van der Waals surface area (Å²) in [4.78, 5) is 38.6. The summed E-state index contributed by atoms with van der Waals surface area (Å²) in [5.41, 5.74) is 0.812. The van der Waals surface area contributed by atoms with Crippen molar-refractivity contribution >= 4 is 38.8 Å². The van der Waals surface area contributed by atoms with Gasteiger partial charge in [0.25, 0.3) is 11.5 Å². The quantitative estimate of drug-likeness (QED) is 0.453. The molecule has 1 aliphatic rings. The molecule has 0 saturated carbocycles. The average molecular weight is 485 g/mol. The number of fused-ring (bicyclic) bond motifs is 1. The van der Waals surface area contributed by atoms with Crippen molar-refractivity contribution in [3.05, 3.63) is 69.2 Å². The summed E-state index contributed by atoms with van der Waals surface area (Å²) in [5, 5.41) is 4.62. The minimum Gasteiger partial charge on any atom is -0.484 e. The summed E-state index contributed by atoms with van der Waals surface area (Å²) >= 11 is 3.08. The molecule has 4 aromatic rings. The van der Waals surface area contributed by atoms with Gasteiger partial charge in [-0.1, -0.05) is 6.07 Å². The number of amides is 1. The van der Waals surface area contributed by atoms with Crippen molar-refractivity contribution in [1.82, 2.24) is 19.8 Å². The first-order chi connectivity index (χ1) is 16.1. The van der Waals surface area contributed by atoms with Gasteiger partial charge in [0.05, 0.1) is 11.9 Å². The number of thiophene rings is 2. The van der Waals surface area contributed by atoms with Crippen LogP contribution in [0.1, 0.15) is 5.82 Å². The molecule has 0 unspecified atom stereocenters. The molecule has 1 aliphatic heterocycles. The number of piperazine rings is 1. The summed E-state index contributed by atoms with van der Waals surface area (Å²) in [6, 6.07) is 9.58. The Kier molecular flexibility index (Phi) is 6.21. The third-order valence-corrected chi connectivity index (χ3v) is 7.33. The number of aromatic amines is 1. The number of carbonyl (C=O) groups excluding carboxylic acids is 1. The fraction of sp³-hybridized carbons (Fsp3) is 0.261. The van der Waals surface area contributed by atoms with Crippen LogP contribution in [0.25, 0.3) is 20.7 Å². The van der Waals surface area contributed by atoms with Crippen LogP contribution in [0.3, 0.4) is 0 Å². The van der Waals surface area contributed by atoms with Crippen LogP contribution in [0, 0.1) is 5.82 Å². The molecule has 1 fully saturated rings. The second-order valence-electron chi connectivity index (χ2n) is 7.72.